The van der Waals surface area contributed by atoms with Crippen molar-refractivity contribution in [1.29, 1.82) is 0 Å². The van der Waals surface area contributed by atoms with Crippen LogP contribution in [0.5, 0.6) is 5.75 Å². The monoisotopic (exact) mass is 499 g/mol. The molecule has 182 valence electrons. The fraction of sp³-hybridized carbons (Fsp3) is 0.179. The average Bonchev–Trinajstić information content (AvgIpc) is 3.33. The molecule has 1 unspecified atom stereocenters. The molecule has 1 aliphatic rings. The molecule has 7 nitrogen and oxygen atoms in total. The predicted molar refractivity (Wildman–Crippen MR) is 141 cm³/mol. The van der Waals surface area contributed by atoms with E-state index in [9.17, 15) is 4.79 Å². The molecule has 0 fully saturated rings. The topological polar surface area (TPSA) is 81.1 Å². The molecule has 0 radical (unpaired) electrons. The van der Waals surface area contributed by atoms with Crippen LogP contribution in [-0.4, -0.2) is 20.7 Å². The van der Waals surface area contributed by atoms with E-state index in [0.29, 0.717) is 34.6 Å². The Bertz CT molecular complexity index is 1480. The number of rotatable bonds is 6. The van der Waals surface area contributed by atoms with Crippen LogP contribution >= 0.6 is 11.6 Å². The zero-order valence-electron chi connectivity index (χ0n) is 20.2. The van der Waals surface area contributed by atoms with E-state index in [2.05, 4.69) is 20.7 Å². The van der Waals surface area contributed by atoms with Gasteiger partial charge in [-0.15, -0.1) is 0 Å². The molecule has 0 saturated carbocycles. The van der Waals surface area contributed by atoms with Crippen molar-refractivity contribution in [3.8, 4) is 5.75 Å². The summed E-state index contributed by atoms with van der Waals surface area (Å²) >= 11 is 6.29. The number of benzene rings is 3. The standard InChI is InChI=1S/C28H26ClN5O2/c1-17-8-6-13-24(18(17)2)33-27(35)25-19(3)32-28-30-16-31-34(28)26(25)20-10-7-11-22(14-20)36-15-21-9-4-5-12-23(21)29/h4-14,16,26H,15H2,1-3H3,(H,33,35)(H,30,31,32). The maximum absolute atomic E-state index is 13.7. The second-order valence-electron chi connectivity index (χ2n) is 8.75. The van der Waals surface area contributed by atoms with Crippen LogP contribution in [0.2, 0.25) is 5.02 Å². The van der Waals surface area contributed by atoms with E-state index in [4.69, 9.17) is 16.3 Å². The molecule has 5 rings (SSSR count). The Morgan fingerprint density at radius 3 is 2.72 bits per heavy atom. The number of fused-ring (bicyclic) bond motifs is 1. The van der Waals surface area contributed by atoms with Crippen molar-refractivity contribution in [2.45, 2.75) is 33.4 Å². The first-order valence-electron chi connectivity index (χ1n) is 11.6. The van der Waals surface area contributed by atoms with Gasteiger partial charge in [-0.25, -0.2) is 4.68 Å². The Morgan fingerprint density at radius 2 is 1.89 bits per heavy atom. The fourth-order valence-corrected chi connectivity index (χ4v) is 4.51. The zero-order chi connectivity index (χ0) is 25.2. The van der Waals surface area contributed by atoms with Crippen molar-refractivity contribution < 1.29 is 9.53 Å². The Morgan fingerprint density at radius 1 is 1.08 bits per heavy atom. The van der Waals surface area contributed by atoms with Gasteiger partial charge in [0, 0.05) is 22.0 Å². The molecule has 36 heavy (non-hydrogen) atoms. The van der Waals surface area contributed by atoms with Crippen LogP contribution in [0.15, 0.2) is 84.3 Å². The van der Waals surface area contributed by atoms with Crippen molar-refractivity contribution in [3.05, 3.63) is 112 Å². The number of anilines is 2. The Balaban J connectivity index is 1.48. The first kappa shape index (κ1) is 23.6. The highest BCUT2D eigenvalue weighted by molar-refractivity contribution is 6.31. The van der Waals surface area contributed by atoms with E-state index < -0.39 is 6.04 Å². The molecule has 1 amide bonds. The van der Waals surface area contributed by atoms with Gasteiger partial charge in [0.15, 0.2) is 0 Å². The number of nitrogens with one attached hydrogen (secondary N) is 2. The van der Waals surface area contributed by atoms with Crippen LogP contribution in [0.1, 0.15) is 35.2 Å². The highest BCUT2D eigenvalue weighted by atomic mass is 35.5. The van der Waals surface area contributed by atoms with E-state index >= 15 is 0 Å². The molecule has 1 aliphatic heterocycles. The maximum atomic E-state index is 13.7. The van der Waals surface area contributed by atoms with Crippen molar-refractivity contribution in [1.82, 2.24) is 14.8 Å². The lowest BCUT2D eigenvalue weighted by atomic mass is 9.94. The number of nitrogens with zero attached hydrogens (tertiary/aromatic N) is 3. The van der Waals surface area contributed by atoms with Gasteiger partial charge >= 0.3 is 0 Å². The number of ether oxygens (including phenoxy) is 1. The second kappa shape index (κ2) is 9.87. The summed E-state index contributed by atoms with van der Waals surface area (Å²) in [4.78, 5) is 18.0. The summed E-state index contributed by atoms with van der Waals surface area (Å²) in [5, 5.41) is 11.4. The number of aryl methyl sites for hydroxylation is 1. The number of carbonyl (C=O) groups is 1. The summed E-state index contributed by atoms with van der Waals surface area (Å²) in [6, 6.07) is 20.6. The number of carbonyl (C=O) groups excluding carboxylic acids is 1. The Hall–Kier alpha value is -4.10. The lowest BCUT2D eigenvalue weighted by Crippen LogP contribution is -2.31. The normalized spacial score (nSPS) is 14.7. The lowest BCUT2D eigenvalue weighted by Gasteiger charge is -2.29. The summed E-state index contributed by atoms with van der Waals surface area (Å²) < 4.78 is 7.78. The zero-order valence-corrected chi connectivity index (χ0v) is 21.0. The molecule has 1 atom stereocenters. The van der Waals surface area contributed by atoms with Crippen LogP contribution < -0.4 is 15.4 Å². The molecule has 0 bridgehead atoms. The molecule has 8 heteroatoms. The molecule has 1 aromatic heterocycles. The molecule has 2 N–H and O–H groups in total. The third-order valence-corrected chi connectivity index (χ3v) is 6.79. The predicted octanol–water partition coefficient (Wildman–Crippen LogP) is 6.05. The molecular formula is C28H26ClN5O2. The molecular weight excluding hydrogens is 474 g/mol. The van der Waals surface area contributed by atoms with Gasteiger partial charge in [-0.05, 0) is 61.7 Å². The molecule has 0 aliphatic carbocycles. The van der Waals surface area contributed by atoms with Gasteiger partial charge in [-0.3, -0.25) is 4.79 Å². The van der Waals surface area contributed by atoms with Crippen LogP contribution in [0.25, 0.3) is 0 Å². The van der Waals surface area contributed by atoms with Crippen molar-refractivity contribution in [3.63, 3.8) is 0 Å². The van der Waals surface area contributed by atoms with Gasteiger partial charge in [-0.1, -0.05) is 54.1 Å². The number of aromatic nitrogens is 3. The molecule has 0 spiro atoms. The molecule has 3 aromatic carbocycles. The summed E-state index contributed by atoms with van der Waals surface area (Å²) in [7, 11) is 0. The van der Waals surface area contributed by atoms with Crippen molar-refractivity contribution in [2.75, 3.05) is 10.6 Å². The number of allylic oxidation sites excluding steroid dienone is 1. The maximum Gasteiger partial charge on any atom is 0.255 e. The minimum Gasteiger partial charge on any atom is -0.489 e. The van der Waals surface area contributed by atoms with Gasteiger partial charge in [0.1, 0.15) is 24.7 Å². The highest BCUT2D eigenvalue weighted by Crippen LogP contribution is 2.36. The van der Waals surface area contributed by atoms with Crippen LogP contribution in [0.3, 0.4) is 0 Å². The summed E-state index contributed by atoms with van der Waals surface area (Å²) in [6.07, 6.45) is 1.48. The first-order valence-corrected chi connectivity index (χ1v) is 12.0. The van der Waals surface area contributed by atoms with Crippen LogP contribution in [0, 0.1) is 13.8 Å². The first-order chi connectivity index (χ1) is 17.4. The van der Waals surface area contributed by atoms with E-state index in [-0.39, 0.29) is 5.91 Å². The van der Waals surface area contributed by atoms with Gasteiger partial charge < -0.3 is 15.4 Å². The molecule has 4 aromatic rings. The van der Waals surface area contributed by atoms with Gasteiger partial charge in [-0.2, -0.15) is 10.1 Å². The van der Waals surface area contributed by atoms with E-state index in [0.717, 1.165) is 27.9 Å². The SMILES string of the molecule is CC1=C(C(=O)Nc2cccc(C)c2C)C(c2cccc(OCc3ccccc3Cl)c2)n2ncnc2N1. The molecule has 2 heterocycles. The van der Waals surface area contributed by atoms with Gasteiger partial charge in [0.05, 0.1) is 5.57 Å². The van der Waals surface area contributed by atoms with Gasteiger partial charge in [0.2, 0.25) is 5.95 Å². The quantitative estimate of drug-likeness (QED) is 0.337. The number of amides is 1. The average molecular weight is 500 g/mol. The van der Waals surface area contributed by atoms with E-state index in [1.165, 1.54) is 6.33 Å². The number of hydrogen-bond acceptors (Lipinski definition) is 5. The highest BCUT2D eigenvalue weighted by Gasteiger charge is 2.33. The smallest absolute Gasteiger partial charge is 0.255 e. The van der Waals surface area contributed by atoms with Crippen LogP contribution in [0.4, 0.5) is 11.6 Å². The fourth-order valence-electron chi connectivity index (χ4n) is 4.32. The second-order valence-corrected chi connectivity index (χ2v) is 9.16. The third kappa shape index (κ3) is 4.57. The number of halogens is 1. The van der Waals surface area contributed by atoms with Crippen molar-refractivity contribution in [2.24, 2.45) is 0 Å². The minimum absolute atomic E-state index is 0.206. The number of hydrogen-bond donors (Lipinski definition) is 2. The Kier molecular flexibility index (Phi) is 6.48. The van der Waals surface area contributed by atoms with Crippen LogP contribution in [-0.2, 0) is 11.4 Å². The van der Waals surface area contributed by atoms with Gasteiger partial charge in [0.25, 0.3) is 5.91 Å². The Labute approximate surface area is 214 Å². The summed E-state index contributed by atoms with van der Waals surface area (Å²) in [5.41, 5.74) is 5.93. The molecule has 0 saturated heterocycles. The summed E-state index contributed by atoms with van der Waals surface area (Å²) in [5.74, 6) is 1.03. The largest absolute Gasteiger partial charge is 0.489 e. The van der Waals surface area contributed by atoms with Crippen molar-refractivity contribution >= 4 is 29.1 Å². The third-order valence-electron chi connectivity index (χ3n) is 6.42. The minimum atomic E-state index is -0.488. The van der Waals surface area contributed by atoms with E-state index in [1.54, 1.807) is 4.68 Å². The lowest BCUT2D eigenvalue weighted by molar-refractivity contribution is -0.113. The van der Waals surface area contributed by atoms with E-state index in [1.807, 2.05) is 87.5 Å². The summed E-state index contributed by atoms with van der Waals surface area (Å²) in [6.45, 7) is 6.23.